The Bertz CT molecular complexity index is 537. The third-order valence-corrected chi connectivity index (χ3v) is 3.85. The molecule has 1 aromatic carbocycles. The van der Waals surface area contributed by atoms with Crippen molar-refractivity contribution in [1.29, 1.82) is 0 Å². The molecule has 0 bridgehead atoms. The first-order valence-corrected chi connectivity index (χ1v) is 7.28. The predicted octanol–water partition coefficient (Wildman–Crippen LogP) is 3.32. The van der Waals surface area contributed by atoms with E-state index in [2.05, 4.69) is 16.8 Å². The van der Waals surface area contributed by atoms with Crippen molar-refractivity contribution in [3.63, 3.8) is 0 Å². The zero-order valence-electron chi connectivity index (χ0n) is 12.6. The molecule has 0 saturated carbocycles. The average molecular weight is 314 g/mol. The molecule has 1 heterocycles. The van der Waals surface area contributed by atoms with Crippen molar-refractivity contribution >= 4 is 0 Å². The summed E-state index contributed by atoms with van der Waals surface area (Å²) in [5, 5.41) is 13.3. The molecule has 1 aromatic rings. The molecule has 0 radical (unpaired) electrons. The van der Waals surface area contributed by atoms with Gasteiger partial charge in [0.15, 0.2) is 0 Å². The number of nitrogens with zero attached hydrogens (tertiary/aromatic N) is 1. The van der Waals surface area contributed by atoms with Gasteiger partial charge < -0.3 is 10.4 Å². The Labute approximate surface area is 128 Å². The van der Waals surface area contributed by atoms with E-state index in [1.165, 1.54) is 0 Å². The Morgan fingerprint density at radius 3 is 2.55 bits per heavy atom. The number of nitrogens with one attached hydrogen (secondary N) is 1. The fourth-order valence-electron chi connectivity index (χ4n) is 2.76. The van der Waals surface area contributed by atoms with E-state index in [0.717, 1.165) is 50.0 Å². The van der Waals surface area contributed by atoms with Crippen LogP contribution in [0.25, 0.3) is 0 Å². The molecule has 1 atom stereocenters. The van der Waals surface area contributed by atoms with Crippen LogP contribution in [0.2, 0.25) is 0 Å². The van der Waals surface area contributed by atoms with Crippen molar-refractivity contribution in [2.75, 3.05) is 26.2 Å². The van der Waals surface area contributed by atoms with Crippen LogP contribution in [0.3, 0.4) is 0 Å². The van der Waals surface area contributed by atoms with Crippen molar-refractivity contribution in [1.82, 2.24) is 10.2 Å². The largest absolute Gasteiger partial charge is 0.508 e. The van der Waals surface area contributed by atoms with Crippen molar-refractivity contribution < 1.29 is 18.3 Å². The summed E-state index contributed by atoms with van der Waals surface area (Å²) in [4.78, 5) is 2.10. The minimum absolute atomic E-state index is 0.0993. The van der Waals surface area contributed by atoms with Gasteiger partial charge in [-0.1, -0.05) is 5.57 Å². The summed E-state index contributed by atoms with van der Waals surface area (Å²) in [6, 6.07) is 2.81. The SMILES string of the molecule is C=C(C)C[C@H](c1cc(C(F)(F)F)ccc1O)N1CCNCC1. The first-order valence-electron chi connectivity index (χ1n) is 7.28. The van der Waals surface area contributed by atoms with Gasteiger partial charge in [0.25, 0.3) is 0 Å². The Morgan fingerprint density at radius 2 is 2.00 bits per heavy atom. The average Bonchev–Trinajstić information content (AvgIpc) is 2.45. The molecule has 1 saturated heterocycles. The summed E-state index contributed by atoms with van der Waals surface area (Å²) in [6.07, 6.45) is -3.89. The second-order valence-corrected chi connectivity index (χ2v) is 5.73. The lowest BCUT2D eigenvalue weighted by Crippen LogP contribution is -2.45. The summed E-state index contributed by atoms with van der Waals surface area (Å²) >= 11 is 0. The topological polar surface area (TPSA) is 35.5 Å². The summed E-state index contributed by atoms with van der Waals surface area (Å²) < 4.78 is 38.8. The number of alkyl halides is 3. The highest BCUT2D eigenvalue weighted by Gasteiger charge is 2.33. The third kappa shape index (κ3) is 4.01. The number of halogens is 3. The van der Waals surface area contributed by atoms with Gasteiger partial charge in [-0.25, -0.2) is 0 Å². The zero-order chi connectivity index (χ0) is 16.3. The molecule has 0 unspecified atom stereocenters. The number of rotatable bonds is 4. The highest BCUT2D eigenvalue weighted by molar-refractivity contribution is 5.40. The molecule has 22 heavy (non-hydrogen) atoms. The van der Waals surface area contributed by atoms with Gasteiger partial charge in [-0.05, 0) is 31.5 Å². The first-order chi connectivity index (χ1) is 10.3. The second kappa shape index (κ2) is 6.71. The number of hydrogen-bond donors (Lipinski definition) is 2. The fourth-order valence-corrected chi connectivity index (χ4v) is 2.76. The smallest absolute Gasteiger partial charge is 0.416 e. The van der Waals surface area contributed by atoms with Gasteiger partial charge >= 0.3 is 6.18 Å². The molecule has 6 heteroatoms. The molecule has 1 aliphatic heterocycles. The molecular formula is C16H21F3N2O. The Kier molecular flexibility index (Phi) is 5.13. The lowest BCUT2D eigenvalue weighted by Gasteiger charge is -2.36. The highest BCUT2D eigenvalue weighted by atomic mass is 19.4. The van der Waals surface area contributed by atoms with Crippen molar-refractivity contribution in [2.24, 2.45) is 0 Å². The quantitative estimate of drug-likeness (QED) is 0.837. The number of phenols is 1. The van der Waals surface area contributed by atoms with E-state index in [0.29, 0.717) is 12.0 Å². The molecule has 1 fully saturated rings. The molecule has 0 spiro atoms. The van der Waals surface area contributed by atoms with Gasteiger partial charge in [0.05, 0.1) is 5.56 Å². The van der Waals surface area contributed by atoms with Crippen LogP contribution in [0.15, 0.2) is 30.4 Å². The van der Waals surface area contributed by atoms with Crippen LogP contribution in [0.5, 0.6) is 5.75 Å². The number of phenolic OH excluding ortho intramolecular Hbond substituents is 1. The van der Waals surface area contributed by atoms with E-state index in [-0.39, 0.29) is 11.8 Å². The maximum absolute atomic E-state index is 12.9. The van der Waals surface area contributed by atoms with Crippen LogP contribution < -0.4 is 5.32 Å². The van der Waals surface area contributed by atoms with E-state index >= 15 is 0 Å². The van der Waals surface area contributed by atoms with E-state index in [1.807, 2.05) is 6.92 Å². The predicted molar refractivity (Wildman–Crippen MR) is 79.7 cm³/mol. The number of hydrogen-bond acceptors (Lipinski definition) is 3. The van der Waals surface area contributed by atoms with Gasteiger partial charge in [-0.3, -0.25) is 4.90 Å². The normalized spacial score (nSPS) is 18.2. The van der Waals surface area contributed by atoms with Crippen LogP contribution in [0.4, 0.5) is 13.2 Å². The van der Waals surface area contributed by atoms with E-state index in [4.69, 9.17) is 0 Å². The highest BCUT2D eigenvalue weighted by Crippen LogP contribution is 2.38. The van der Waals surface area contributed by atoms with Crippen LogP contribution in [-0.2, 0) is 6.18 Å². The van der Waals surface area contributed by atoms with Gasteiger partial charge in [-0.2, -0.15) is 13.2 Å². The number of benzene rings is 1. The molecule has 0 aliphatic carbocycles. The Hall–Kier alpha value is -1.53. The minimum atomic E-state index is -4.42. The van der Waals surface area contributed by atoms with Crippen molar-refractivity contribution in [2.45, 2.75) is 25.6 Å². The standard InChI is InChI=1S/C16H21F3N2O/c1-11(2)9-14(21-7-5-20-6-8-21)13-10-12(16(17,18)19)3-4-15(13)22/h3-4,10,14,20,22H,1,5-9H2,2H3/t14-/m1/s1. The summed E-state index contributed by atoms with van der Waals surface area (Å²) in [6.45, 7) is 8.74. The lowest BCUT2D eigenvalue weighted by atomic mass is 9.95. The van der Waals surface area contributed by atoms with E-state index < -0.39 is 11.7 Å². The van der Waals surface area contributed by atoms with E-state index in [1.54, 1.807) is 0 Å². The molecular weight excluding hydrogens is 293 g/mol. The number of aromatic hydroxyl groups is 1. The molecule has 1 aliphatic rings. The Balaban J connectivity index is 2.39. The van der Waals surface area contributed by atoms with Crippen LogP contribution in [-0.4, -0.2) is 36.2 Å². The van der Waals surface area contributed by atoms with Crippen molar-refractivity contribution in [3.05, 3.63) is 41.5 Å². The number of piperazine rings is 1. The lowest BCUT2D eigenvalue weighted by molar-refractivity contribution is -0.137. The van der Waals surface area contributed by atoms with E-state index in [9.17, 15) is 18.3 Å². The van der Waals surface area contributed by atoms with Gasteiger partial charge in [0, 0.05) is 37.8 Å². The maximum Gasteiger partial charge on any atom is 0.416 e. The fraction of sp³-hybridized carbons (Fsp3) is 0.500. The van der Waals surface area contributed by atoms with Gasteiger partial charge in [-0.15, -0.1) is 6.58 Å². The van der Waals surface area contributed by atoms with Crippen LogP contribution in [0, 0.1) is 0 Å². The van der Waals surface area contributed by atoms with Crippen LogP contribution in [0.1, 0.15) is 30.5 Å². The summed E-state index contributed by atoms with van der Waals surface area (Å²) in [5.74, 6) is -0.0993. The third-order valence-electron chi connectivity index (χ3n) is 3.85. The van der Waals surface area contributed by atoms with Gasteiger partial charge in [0.1, 0.15) is 5.75 Å². The van der Waals surface area contributed by atoms with Gasteiger partial charge in [0.2, 0.25) is 0 Å². The molecule has 0 amide bonds. The second-order valence-electron chi connectivity index (χ2n) is 5.73. The maximum atomic E-state index is 12.9. The molecule has 0 aromatic heterocycles. The monoisotopic (exact) mass is 314 g/mol. The molecule has 3 nitrogen and oxygen atoms in total. The first kappa shape index (κ1) is 16.8. The van der Waals surface area contributed by atoms with Crippen LogP contribution >= 0.6 is 0 Å². The minimum Gasteiger partial charge on any atom is -0.508 e. The Morgan fingerprint density at radius 1 is 1.36 bits per heavy atom. The molecule has 2 N–H and O–H groups in total. The molecule has 2 rings (SSSR count). The zero-order valence-corrected chi connectivity index (χ0v) is 12.6. The van der Waals surface area contributed by atoms with Crippen molar-refractivity contribution in [3.8, 4) is 5.75 Å². The summed E-state index contributed by atoms with van der Waals surface area (Å²) in [5.41, 5.74) is 0.460. The summed E-state index contributed by atoms with van der Waals surface area (Å²) in [7, 11) is 0. The molecule has 122 valence electrons.